The Labute approximate surface area is 161 Å². The third kappa shape index (κ3) is 4.37. The van der Waals surface area contributed by atoms with Gasteiger partial charge in [0.1, 0.15) is 17.1 Å². The smallest absolute Gasteiger partial charge is 0.336 e. The molecule has 0 aliphatic heterocycles. The number of aryl methyl sites for hydroxylation is 2. The number of phenols is 1. The number of fused-ring (bicyclic) bond motifs is 1. The van der Waals surface area contributed by atoms with Crippen LogP contribution < -0.4 is 15.8 Å². The van der Waals surface area contributed by atoms with Gasteiger partial charge < -0.3 is 14.3 Å². The number of nitrogens with one attached hydrogen (secondary N) is 1. The van der Waals surface area contributed by atoms with E-state index in [2.05, 4.69) is 10.5 Å². The molecule has 3 aromatic rings. The second-order valence-electron chi connectivity index (χ2n) is 6.45. The molecule has 1 heterocycles. The van der Waals surface area contributed by atoms with Crippen molar-refractivity contribution in [3.8, 4) is 11.5 Å². The normalized spacial score (nSPS) is 11.5. The van der Waals surface area contributed by atoms with Gasteiger partial charge in [0, 0.05) is 23.1 Å². The standard InChI is InChI=1S/C21H20N2O5/c1-12-4-7-18(24)17(8-12)14(3)22-23-20(25)11-27-15-5-6-16-13(2)9-21(26)28-19(16)10-15/h4-10,24H,11H2,1-3H3,(H,23,25)/b22-14+. The van der Waals surface area contributed by atoms with E-state index in [1.807, 2.05) is 13.8 Å². The first kappa shape index (κ1) is 19.2. The zero-order valence-corrected chi connectivity index (χ0v) is 15.8. The molecule has 0 unspecified atom stereocenters. The van der Waals surface area contributed by atoms with Gasteiger partial charge in [-0.25, -0.2) is 10.2 Å². The van der Waals surface area contributed by atoms with Gasteiger partial charge in [0.2, 0.25) is 0 Å². The summed E-state index contributed by atoms with van der Waals surface area (Å²) in [5.74, 6) is 0.0241. The predicted octanol–water partition coefficient (Wildman–Crippen LogP) is 3.03. The Balaban J connectivity index is 1.65. The highest BCUT2D eigenvalue weighted by molar-refractivity contribution is 6.01. The summed E-state index contributed by atoms with van der Waals surface area (Å²) in [6.07, 6.45) is 0. The average Bonchev–Trinajstić information content (AvgIpc) is 2.65. The van der Waals surface area contributed by atoms with Gasteiger partial charge in [-0.3, -0.25) is 4.79 Å². The number of aromatic hydroxyl groups is 1. The van der Waals surface area contributed by atoms with Crippen molar-refractivity contribution >= 4 is 22.6 Å². The van der Waals surface area contributed by atoms with E-state index in [0.29, 0.717) is 22.6 Å². The Morgan fingerprint density at radius 2 is 1.96 bits per heavy atom. The Kier molecular flexibility index (Phi) is 5.44. The molecule has 0 bridgehead atoms. The maximum Gasteiger partial charge on any atom is 0.336 e. The van der Waals surface area contributed by atoms with Crippen LogP contribution in [0.2, 0.25) is 0 Å². The number of benzene rings is 2. The highest BCUT2D eigenvalue weighted by Crippen LogP contribution is 2.22. The number of amides is 1. The predicted molar refractivity (Wildman–Crippen MR) is 106 cm³/mol. The lowest BCUT2D eigenvalue weighted by Crippen LogP contribution is -2.25. The zero-order chi connectivity index (χ0) is 20.3. The summed E-state index contributed by atoms with van der Waals surface area (Å²) in [5.41, 5.74) is 5.13. The summed E-state index contributed by atoms with van der Waals surface area (Å²) < 4.78 is 10.6. The van der Waals surface area contributed by atoms with Gasteiger partial charge in [-0.1, -0.05) is 11.6 Å². The molecule has 144 valence electrons. The maximum atomic E-state index is 12.0. The quantitative estimate of drug-likeness (QED) is 0.402. The first-order chi connectivity index (χ1) is 13.3. The van der Waals surface area contributed by atoms with E-state index in [4.69, 9.17) is 9.15 Å². The molecule has 0 atom stereocenters. The van der Waals surface area contributed by atoms with Crippen molar-refractivity contribution < 1.29 is 19.1 Å². The molecular formula is C21H20N2O5. The van der Waals surface area contributed by atoms with E-state index in [1.54, 1.807) is 43.3 Å². The van der Waals surface area contributed by atoms with Crippen molar-refractivity contribution in [3.63, 3.8) is 0 Å². The third-order valence-corrected chi connectivity index (χ3v) is 4.18. The van der Waals surface area contributed by atoms with Crippen molar-refractivity contribution in [2.75, 3.05) is 6.61 Å². The fraction of sp³-hybridized carbons (Fsp3) is 0.190. The Morgan fingerprint density at radius 3 is 2.75 bits per heavy atom. The van der Waals surface area contributed by atoms with Crippen LogP contribution >= 0.6 is 0 Å². The van der Waals surface area contributed by atoms with Gasteiger partial charge in [0.05, 0.1) is 5.71 Å². The largest absolute Gasteiger partial charge is 0.507 e. The van der Waals surface area contributed by atoms with E-state index in [9.17, 15) is 14.7 Å². The molecular weight excluding hydrogens is 360 g/mol. The molecule has 0 fully saturated rings. The second-order valence-corrected chi connectivity index (χ2v) is 6.45. The molecule has 0 aliphatic rings. The lowest BCUT2D eigenvalue weighted by molar-refractivity contribution is -0.123. The van der Waals surface area contributed by atoms with Crippen molar-refractivity contribution in [1.29, 1.82) is 0 Å². The molecule has 7 heteroatoms. The lowest BCUT2D eigenvalue weighted by Gasteiger charge is -2.08. The van der Waals surface area contributed by atoms with E-state index in [-0.39, 0.29) is 12.4 Å². The van der Waals surface area contributed by atoms with Crippen LogP contribution in [0.4, 0.5) is 0 Å². The zero-order valence-electron chi connectivity index (χ0n) is 15.8. The average molecular weight is 380 g/mol. The third-order valence-electron chi connectivity index (χ3n) is 4.18. The van der Waals surface area contributed by atoms with E-state index < -0.39 is 11.5 Å². The van der Waals surface area contributed by atoms with Crippen molar-refractivity contribution in [1.82, 2.24) is 5.43 Å². The second kappa shape index (κ2) is 7.96. The van der Waals surface area contributed by atoms with Gasteiger partial charge in [-0.15, -0.1) is 0 Å². The maximum absolute atomic E-state index is 12.0. The topological polar surface area (TPSA) is 101 Å². The van der Waals surface area contributed by atoms with Crippen LogP contribution in [0.3, 0.4) is 0 Å². The highest BCUT2D eigenvalue weighted by Gasteiger charge is 2.08. The van der Waals surface area contributed by atoms with E-state index in [0.717, 1.165) is 16.5 Å². The number of nitrogens with zero attached hydrogens (tertiary/aromatic N) is 1. The summed E-state index contributed by atoms with van der Waals surface area (Å²) in [6, 6.07) is 11.6. The lowest BCUT2D eigenvalue weighted by atomic mass is 10.1. The van der Waals surface area contributed by atoms with Gasteiger partial charge in [0.15, 0.2) is 6.61 Å². The molecule has 7 nitrogen and oxygen atoms in total. The van der Waals surface area contributed by atoms with Gasteiger partial charge in [-0.2, -0.15) is 5.10 Å². The number of hydrazone groups is 1. The summed E-state index contributed by atoms with van der Waals surface area (Å²) in [5, 5.41) is 14.7. The van der Waals surface area contributed by atoms with Gasteiger partial charge in [0.25, 0.3) is 5.91 Å². The molecule has 0 spiro atoms. The number of carbonyl (C=O) groups excluding carboxylic acids is 1. The first-order valence-corrected chi connectivity index (χ1v) is 8.64. The van der Waals surface area contributed by atoms with Gasteiger partial charge in [-0.05, 0) is 50.6 Å². The Morgan fingerprint density at radius 1 is 1.18 bits per heavy atom. The van der Waals surface area contributed by atoms with Crippen LogP contribution in [0.1, 0.15) is 23.6 Å². The number of ether oxygens (including phenoxy) is 1. The molecule has 0 radical (unpaired) electrons. The van der Waals surface area contributed by atoms with Gasteiger partial charge >= 0.3 is 5.63 Å². The monoisotopic (exact) mass is 380 g/mol. The fourth-order valence-corrected chi connectivity index (χ4v) is 2.72. The van der Waals surface area contributed by atoms with E-state index >= 15 is 0 Å². The minimum absolute atomic E-state index is 0.0882. The molecule has 2 aromatic carbocycles. The summed E-state index contributed by atoms with van der Waals surface area (Å²) in [6.45, 7) is 5.14. The number of hydrogen-bond donors (Lipinski definition) is 2. The van der Waals surface area contributed by atoms with Crippen LogP contribution in [0.5, 0.6) is 11.5 Å². The SMILES string of the molecule is C/C(=N\NC(=O)COc1ccc2c(C)cc(=O)oc2c1)c1cc(C)ccc1O. The number of hydrogen-bond acceptors (Lipinski definition) is 6. The summed E-state index contributed by atoms with van der Waals surface area (Å²) >= 11 is 0. The van der Waals surface area contributed by atoms with Crippen LogP contribution in [0.25, 0.3) is 11.0 Å². The molecule has 1 amide bonds. The Hall–Kier alpha value is -3.61. The minimum atomic E-state index is -0.461. The molecule has 0 saturated carbocycles. The minimum Gasteiger partial charge on any atom is -0.507 e. The molecule has 2 N–H and O–H groups in total. The molecule has 0 aliphatic carbocycles. The fourth-order valence-electron chi connectivity index (χ4n) is 2.72. The number of rotatable bonds is 5. The van der Waals surface area contributed by atoms with Crippen LogP contribution in [-0.2, 0) is 4.79 Å². The van der Waals surface area contributed by atoms with Crippen LogP contribution in [0, 0.1) is 13.8 Å². The summed E-state index contributed by atoms with van der Waals surface area (Å²) in [4.78, 5) is 23.5. The molecule has 28 heavy (non-hydrogen) atoms. The van der Waals surface area contributed by atoms with E-state index in [1.165, 1.54) is 6.07 Å². The molecule has 0 saturated heterocycles. The summed E-state index contributed by atoms with van der Waals surface area (Å²) in [7, 11) is 0. The molecule has 1 aromatic heterocycles. The van der Waals surface area contributed by atoms with Crippen LogP contribution in [0.15, 0.2) is 56.8 Å². The number of carbonyl (C=O) groups is 1. The van der Waals surface area contributed by atoms with Crippen molar-refractivity contribution in [2.45, 2.75) is 20.8 Å². The van der Waals surface area contributed by atoms with Crippen molar-refractivity contribution in [2.24, 2.45) is 5.10 Å². The van der Waals surface area contributed by atoms with Crippen LogP contribution in [-0.4, -0.2) is 23.3 Å². The number of phenolic OH excluding ortho intramolecular Hbond substituents is 1. The molecule has 3 rings (SSSR count). The highest BCUT2D eigenvalue weighted by atomic mass is 16.5. The Bertz CT molecular complexity index is 1130. The van der Waals surface area contributed by atoms with Crippen molar-refractivity contribution in [3.05, 3.63) is 69.6 Å². The first-order valence-electron chi connectivity index (χ1n) is 8.64.